The molecule has 1 fully saturated rings. The summed E-state index contributed by atoms with van der Waals surface area (Å²) >= 11 is 0. The fourth-order valence-corrected chi connectivity index (χ4v) is 4.11. The topological polar surface area (TPSA) is 45.9 Å². The zero-order chi connectivity index (χ0) is 21.8. The smallest absolute Gasteiger partial charge is 0.290 e. The SMILES string of the molecule is Cc1ccccc1CN(CCCN1CCOCC1)C(=O)c1oc2c(F)cccc2c1C. The maximum atomic E-state index is 14.2. The molecule has 0 atom stereocenters. The normalized spacial score (nSPS) is 14.8. The molecule has 5 nitrogen and oxygen atoms in total. The van der Waals surface area contributed by atoms with Crippen LogP contribution in [0.5, 0.6) is 0 Å². The number of rotatable bonds is 7. The second-order valence-electron chi connectivity index (χ2n) is 8.13. The second kappa shape index (κ2) is 9.62. The zero-order valence-electron chi connectivity index (χ0n) is 18.2. The van der Waals surface area contributed by atoms with Crippen molar-refractivity contribution in [2.45, 2.75) is 26.8 Å². The van der Waals surface area contributed by atoms with E-state index in [4.69, 9.17) is 9.15 Å². The maximum absolute atomic E-state index is 14.2. The molecule has 0 radical (unpaired) electrons. The zero-order valence-corrected chi connectivity index (χ0v) is 18.2. The van der Waals surface area contributed by atoms with E-state index in [9.17, 15) is 9.18 Å². The number of amides is 1. The number of carbonyl (C=O) groups excluding carboxylic acids is 1. The van der Waals surface area contributed by atoms with Crippen LogP contribution in [0.15, 0.2) is 46.9 Å². The number of fused-ring (bicyclic) bond motifs is 1. The van der Waals surface area contributed by atoms with E-state index in [1.807, 2.05) is 43.0 Å². The first-order valence-corrected chi connectivity index (χ1v) is 10.9. The lowest BCUT2D eigenvalue weighted by atomic mass is 10.1. The van der Waals surface area contributed by atoms with Gasteiger partial charge >= 0.3 is 0 Å². The van der Waals surface area contributed by atoms with Gasteiger partial charge in [-0.05, 0) is 37.5 Å². The van der Waals surface area contributed by atoms with Gasteiger partial charge in [0.2, 0.25) is 0 Å². The van der Waals surface area contributed by atoms with Crippen LogP contribution in [0.4, 0.5) is 4.39 Å². The van der Waals surface area contributed by atoms with Crippen molar-refractivity contribution < 1.29 is 18.3 Å². The van der Waals surface area contributed by atoms with Gasteiger partial charge in [0.15, 0.2) is 17.2 Å². The molecular weight excluding hydrogens is 395 g/mol. The number of aryl methyl sites for hydroxylation is 2. The minimum atomic E-state index is -0.447. The molecule has 2 heterocycles. The molecule has 0 saturated carbocycles. The molecule has 1 aliphatic heterocycles. The molecule has 1 saturated heterocycles. The molecule has 1 amide bonds. The van der Waals surface area contributed by atoms with Gasteiger partial charge in [-0.1, -0.05) is 36.4 Å². The number of para-hydroxylation sites is 1. The van der Waals surface area contributed by atoms with Crippen LogP contribution in [0.2, 0.25) is 0 Å². The Labute approximate surface area is 182 Å². The molecule has 0 bridgehead atoms. The first-order chi connectivity index (χ1) is 15.0. The average Bonchev–Trinajstić information content (AvgIpc) is 3.12. The van der Waals surface area contributed by atoms with Gasteiger partial charge < -0.3 is 14.1 Å². The molecule has 1 aromatic heterocycles. The highest BCUT2D eigenvalue weighted by Crippen LogP contribution is 2.28. The van der Waals surface area contributed by atoms with Crippen LogP contribution in [0.1, 0.15) is 33.7 Å². The van der Waals surface area contributed by atoms with E-state index in [2.05, 4.69) is 4.90 Å². The van der Waals surface area contributed by atoms with Crippen molar-refractivity contribution >= 4 is 16.9 Å². The first-order valence-electron chi connectivity index (χ1n) is 10.9. The lowest BCUT2D eigenvalue weighted by molar-refractivity contribution is 0.0354. The second-order valence-corrected chi connectivity index (χ2v) is 8.13. The summed E-state index contributed by atoms with van der Waals surface area (Å²) in [5.41, 5.74) is 3.07. The van der Waals surface area contributed by atoms with E-state index >= 15 is 0 Å². The summed E-state index contributed by atoms with van der Waals surface area (Å²) in [5, 5.41) is 0.646. The highest BCUT2D eigenvalue weighted by Gasteiger charge is 2.25. The number of furan rings is 1. The fraction of sp³-hybridized carbons (Fsp3) is 0.400. The molecule has 0 aliphatic carbocycles. The number of benzene rings is 2. The quantitative estimate of drug-likeness (QED) is 0.558. The molecule has 2 aromatic carbocycles. The monoisotopic (exact) mass is 424 g/mol. The Morgan fingerprint density at radius 1 is 1.10 bits per heavy atom. The highest BCUT2D eigenvalue weighted by atomic mass is 19.1. The summed E-state index contributed by atoms with van der Waals surface area (Å²) in [7, 11) is 0. The van der Waals surface area contributed by atoms with Gasteiger partial charge in [-0.15, -0.1) is 0 Å². The van der Waals surface area contributed by atoms with Crippen LogP contribution in [-0.2, 0) is 11.3 Å². The van der Waals surface area contributed by atoms with Crippen LogP contribution in [0, 0.1) is 19.7 Å². The van der Waals surface area contributed by atoms with Crippen molar-refractivity contribution in [2.24, 2.45) is 0 Å². The van der Waals surface area contributed by atoms with Gasteiger partial charge in [0.05, 0.1) is 13.2 Å². The summed E-state index contributed by atoms with van der Waals surface area (Å²) in [5.74, 6) is -0.421. The molecule has 3 aromatic rings. The number of nitrogens with zero attached hydrogens (tertiary/aromatic N) is 2. The Morgan fingerprint density at radius 3 is 2.61 bits per heavy atom. The Balaban J connectivity index is 1.56. The molecular formula is C25H29FN2O3. The summed E-state index contributed by atoms with van der Waals surface area (Å²) < 4.78 is 25.4. The molecule has 4 rings (SSSR count). The van der Waals surface area contributed by atoms with Gasteiger partial charge in [-0.2, -0.15) is 0 Å². The predicted molar refractivity (Wildman–Crippen MR) is 119 cm³/mol. The first kappa shape index (κ1) is 21.5. The maximum Gasteiger partial charge on any atom is 0.290 e. The molecule has 0 N–H and O–H groups in total. The summed E-state index contributed by atoms with van der Waals surface area (Å²) in [4.78, 5) is 17.7. The van der Waals surface area contributed by atoms with Gasteiger partial charge in [0.25, 0.3) is 5.91 Å². The van der Waals surface area contributed by atoms with Gasteiger partial charge in [0.1, 0.15) is 0 Å². The molecule has 6 heteroatoms. The van der Waals surface area contributed by atoms with E-state index in [1.165, 1.54) is 6.07 Å². The van der Waals surface area contributed by atoms with Gasteiger partial charge in [0, 0.05) is 43.7 Å². The average molecular weight is 425 g/mol. The molecule has 0 spiro atoms. The van der Waals surface area contributed by atoms with Crippen molar-refractivity contribution in [3.8, 4) is 0 Å². The van der Waals surface area contributed by atoms with Crippen LogP contribution in [0.25, 0.3) is 11.0 Å². The summed E-state index contributed by atoms with van der Waals surface area (Å²) in [6, 6.07) is 12.9. The van der Waals surface area contributed by atoms with E-state index in [0.29, 0.717) is 24.0 Å². The molecule has 1 aliphatic rings. The Kier molecular flexibility index (Phi) is 6.68. The Hall–Kier alpha value is -2.70. The fourth-order valence-electron chi connectivity index (χ4n) is 4.11. The van der Waals surface area contributed by atoms with Crippen molar-refractivity contribution in [3.63, 3.8) is 0 Å². The molecule has 31 heavy (non-hydrogen) atoms. The van der Waals surface area contributed by atoms with E-state index < -0.39 is 5.82 Å². The number of carbonyl (C=O) groups is 1. The predicted octanol–water partition coefficient (Wildman–Crippen LogP) is 4.55. The van der Waals surface area contributed by atoms with Crippen LogP contribution >= 0.6 is 0 Å². The van der Waals surface area contributed by atoms with E-state index in [0.717, 1.165) is 50.4 Å². The number of ether oxygens (including phenoxy) is 1. The highest BCUT2D eigenvalue weighted by molar-refractivity contribution is 5.99. The van der Waals surface area contributed by atoms with Crippen LogP contribution in [0.3, 0.4) is 0 Å². The largest absolute Gasteiger partial charge is 0.448 e. The van der Waals surface area contributed by atoms with Crippen molar-refractivity contribution in [1.29, 1.82) is 0 Å². The number of morpholine rings is 1. The molecule has 0 unspecified atom stereocenters. The van der Waals surface area contributed by atoms with Crippen LogP contribution < -0.4 is 0 Å². The summed E-state index contributed by atoms with van der Waals surface area (Å²) in [6.45, 7) is 9.24. The third-order valence-corrected chi connectivity index (χ3v) is 6.03. The van der Waals surface area contributed by atoms with Crippen molar-refractivity contribution in [1.82, 2.24) is 9.80 Å². The minimum absolute atomic E-state index is 0.146. The Morgan fingerprint density at radius 2 is 1.87 bits per heavy atom. The summed E-state index contributed by atoms with van der Waals surface area (Å²) in [6.07, 6.45) is 0.852. The number of hydrogen-bond donors (Lipinski definition) is 0. The standard InChI is InChI=1S/C25H29FN2O3/c1-18-7-3-4-8-20(18)17-28(12-6-11-27-13-15-30-16-14-27)25(29)23-19(2)21-9-5-10-22(26)24(21)31-23/h3-5,7-10H,6,11-17H2,1-2H3. The lowest BCUT2D eigenvalue weighted by Crippen LogP contribution is -2.39. The third-order valence-electron chi connectivity index (χ3n) is 6.03. The number of hydrogen-bond acceptors (Lipinski definition) is 4. The third kappa shape index (κ3) is 4.81. The molecule has 164 valence electrons. The van der Waals surface area contributed by atoms with Gasteiger partial charge in [-0.25, -0.2) is 4.39 Å². The van der Waals surface area contributed by atoms with Crippen LogP contribution in [-0.4, -0.2) is 55.1 Å². The van der Waals surface area contributed by atoms with E-state index in [-0.39, 0.29) is 17.3 Å². The van der Waals surface area contributed by atoms with Crippen molar-refractivity contribution in [2.75, 3.05) is 39.4 Å². The van der Waals surface area contributed by atoms with Gasteiger partial charge in [-0.3, -0.25) is 9.69 Å². The van der Waals surface area contributed by atoms with E-state index in [1.54, 1.807) is 12.1 Å². The Bertz CT molecular complexity index is 1060. The lowest BCUT2D eigenvalue weighted by Gasteiger charge is -2.28. The number of halogens is 1. The minimum Gasteiger partial charge on any atom is -0.448 e. The van der Waals surface area contributed by atoms with Crippen molar-refractivity contribution in [3.05, 3.63) is 70.7 Å².